The molecule has 1 heterocycles. The van der Waals surface area contributed by atoms with Crippen molar-refractivity contribution in [2.75, 3.05) is 11.4 Å². The van der Waals surface area contributed by atoms with E-state index in [1.165, 1.54) is 12.1 Å². The molecule has 5 nitrogen and oxygen atoms in total. The van der Waals surface area contributed by atoms with Crippen LogP contribution in [0.25, 0.3) is 0 Å². The summed E-state index contributed by atoms with van der Waals surface area (Å²) in [6.45, 7) is 5.42. The van der Waals surface area contributed by atoms with Gasteiger partial charge in [0.05, 0.1) is 11.3 Å². The molecular formula is C14H16FNO4. The summed E-state index contributed by atoms with van der Waals surface area (Å²) in [4.78, 5) is 24.2. The van der Waals surface area contributed by atoms with Gasteiger partial charge in [-0.2, -0.15) is 0 Å². The standard InChI is InChI=1S/C14H16FNO4/c1-14(2,3)20-13(19)16-7-6-8-4-5-9(12(17)18)10(15)11(8)16/h4-5H,6-7H2,1-3H3,(H,17,18). The van der Waals surface area contributed by atoms with Gasteiger partial charge in [0.15, 0.2) is 5.82 Å². The minimum absolute atomic E-state index is 0.0131. The number of ether oxygens (including phenoxy) is 1. The number of carboxylic acids is 1. The lowest BCUT2D eigenvalue weighted by molar-refractivity contribution is 0.0580. The molecule has 1 aliphatic rings. The zero-order valence-electron chi connectivity index (χ0n) is 11.6. The molecule has 1 aromatic carbocycles. The van der Waals surface area contributed by atoms with Crippen molar-refractivity contribution in [2.45, 2.75) is 32.8 Å². The number of carboxylic acid groups (broad SMARTS) is 1. The second kappa shape index (κ2) is 4.77. The van der Waals surface area contributed by atoms with Crippen LogP contribution in [0.2, 0.25) is 0 Å². The highest BCUT2D eigenvalue weighted by atomic mass is 19.1. The van der Waals surface area contributed by atoms with Crippen LogP contribution < -0.4 is 4.90 Å². The molecule has 1 aromatic rings. The Morgan fingerprint density at radius 1 is 1.35 bits per heavy atom. The van der Waals surface area contributed by atoms with Gasteiger partial charge in [-0.1, -0.05) is 6.07 Å². The molecular weight excluding hydrogens is 265 g/mol. The maximum absolute atomic E-state index is 14.2. The highest BCUT2D eigenvalue weighted by Crippen LogP contribution is 2.33. The van der Waals surface area contributed by atoms with Gasteiger partial charge in [-0.05, 0) is 38.8 Å². The molecule has 0 spiro atoms. The average Bonchev–Trinajstić information content (AvgIpc) is 2.71. The van der Waals surface area contributed by atoms with Gasteiger partial charge in [0, 0.05) is 6.54 Å². The van der Waals surface area contributed by atoms with Gasteiger partial charge in [-0.25, -0.2) is 14.0 Å². The van der Waals surface area contributed by atoms with E-state index in [4.69, 9.17) is 9.84 Å². The number of carbonyl (C=O) groups excluding carboxylic acids is 1. The third kappa shape index (κ3) is 2.59. The smallest absolute Gasteiger partial charge is 0.414 e. The van der Waals surface area contributed by atoms with E-state index in [0.717, 1.165) is 4.90 Å². The number of anilines is 1. The quantitative estimate of drug-likeness (QED) is 0.859. The molecule has 6 heteroatoms. The second-order valence-electron chi connectivity index (χ2n) is 5.62. The van der Waals surface area contributed by atoms with Crippen LogP contribution in [0.4, 0.5) is 14.9 Å². The molecule has 0 saturated carbocycles. The summed E-state index contributed by atoms with van der Waals surface area (Å²) in [7, 11) is 0. The molecule has 0 unspecified atom stereocenters. The third-order valence-electron chi connectivity index (χ3n) is 2.92. The number of amides is 1. The Hall–Kier alpha value is -2.11. The largest absolute Gasteiger partial charge is 0.478 e. The zero-order valence-corrected chi connectivity index (χ0v) is 11.6. The minimum atomic E-state index is -1.36. The average molecular weight is 281 g/mol. The van der Waals surface area contributed by atoms with Crippen molar-refractivity contribution in [1.29, 1.82) is 0 Å². The van der Waals surface area contributed by atoms with Crippen LogP contribution in [0.1, 0.15) is 36.7 Å². The lowest BCUT2D eigenvalue weighted by Crippen LogP contribution is -2.36. The molecule has 0 radical (unpaired) electrons. The van der Waals surface area contributed by atoms with Crippen molar-refractivity contribution < 1.29 is 23.8 Å². The number of halogens is 1. The van der Waals surface area contributed by atoms with Gasteiger partial charge in [-0.3, -0.25) is 4.90 Å². The summed E-state index contributed by atoms with van der Waals surface area (Å²) in [6.07, 6.45) is -0.191. The van der Waals surface area contributed by atoms with Gasteiger partial charge in [0.1, 0.15) is 5.60 Å². The van der Waals surface area contributed by atoms with E-state index in [1.54, 1.807) is 20.8 Å². The maximum Gasteiger partial charge on any atom is 0.414 e. The Morgan fingerprint density at radius 2 is 2.00 bits per heavy atom. The molecule has 0 aliphatic carbocycles. The minimum Gasteiger partial charge on any atom is -0.478 e. The molecule has 0 fully saturated rings. The topological polar surface area (TPSA) is 66.8 Å². The van der Waals surface area contributed by atoms with Crippen molar-refractivity contribution in [3.8, 4) is 0 Å². The number of hydrogen-bond donors (Lipinski definition) is 1. The first-order chi connectivity index (χ1) is 9.20. The Balaban J connectivity index is 2.39. The van der Waals surface area contributed by atoms with Crippen molar-refractivity contribution in [3.05, 3.63) is 29.1 Å². The highest BCUT2D eigenvalue weighted by molar-refractivity contribution is 5.95. The van der Waals surface area contributed by atoms with E-state index in [1.807, 2.05) is 0 Å². The van der Waals surface area contributed by atoms with Crippen molar-refractivity contribution in [2.24, 2.45) is 0 Å². The Labute approximate surface area is 116 Å². The molecule has 1 amide bonds. The summed E-state index contributed by atoms with van der Waals surface area (Å²) < 4.78 is 19.4. The van der Waals surface area contributed by atoms with Crippen molar-refractivity contribution >= 4 is 17.7 Å². The lowest BCUT2D eigenvalue weighted by atomic mass is 10.1. The molecule has 1 aliphatic heterocycles. The number of benzene rings is 1. The fraction of sp³-hybridized carbons (Fsp3) is 0.429. The van der Waals surface area contributed by atoms with E-state index in [0.29, 0.717) is 12.0 Å². The Morgan fingerprint density at radius 3 is 2.55 bits per heavy atom. The first-order valence-corrected chi connectivity index (χ1v) is 6.26. The van der Waals surface area contributed by atoms with Crippen LogP contribution in [0.3, 0.4) is 0 Å². The highest BCUT2D eigenvalue weighted by Gasteiger charge is 2.33. The Kier molecular flexibility index (Phi) is 3.41. The predicted molar refractivity (Wildman–Crippen MR) is 70.6 cm³/mol. The second-order valence-corrected chi connectivity index (χ2v) is 5.62. The summed E-state index contributed by atoms with van der Waals surface area (Å²) in [5.41, 5.74) is -0.516. The third-order valence-corrected chi connectivity index (χ3v) is 2.92. The van der Waals surface area contributed by atoms with Crippen molar-refractivity contribution in [1.82, 2.24) is 0 Å². The van der Waals surface area contributed by atoms with Crippen LogP contribution in [-0.4, -0.2) is 29.3 Å². The summed E-state index contributed by atoms with van der Waals surface area (Å²) in [6, 6.07) is 2.75. The first kappa shape index (κ1) is 14.3. The van der Waals surface area contributed by atoms with Crippen LogP contribution in [0.5, 0.6) is 0 Å². The predicted octanol–water partition coefficient (Wildman–Crippen LogP) is 2.82. The summed E-state index contributed by atoms with van der Waals surface area (Å²) in [5, 5.41) is 8.93. The molecule has 1 N–H and O–H groups in total. The van der Waals surface area contributed by atoms with Crippen LogP contribution in [-0.2, 0) is 11.2 Å². The Bertz CT molecular complexity index is 577. The monoisotopic (exact) mass is 281 g/mol. The molecule has 0 aromatic heterocycles. The number of carbonyl (C=O) groups is 2. The number of nitrogens with zero attached hydrogens (tertiary/aromatic N) is 1. The molecule has 0 bridgehead atoms. The van der Waals surface area contributed by atoms with E-state index in [2.05, 4.69) is 0 Å². The first-order valence-electron chi connectivity index (χ1n) is 6.26. The van der Waals surface area contributed by atoms with Crippen LogP contribution >= 0.6 is 0 Å². The van der Waals surface area contributed by atoms with Gasteiger partial charge in [0.25, 0.3) is 0 Å². The molecule has 0 saturated heterocycles. The number of fused-ring (bicyclic) bond motifs is 1. The SMILES string of the molecule is CC(C)(C)OC(=O)N1CCc2ccc(C(=O)O)c(F)c21. The molecule has 108 valence electrons. The lowest BCUT2D eigenvalue weighted by Gasteiger charge is -2.25. The van der Waals surface area contributed by atoms with Gasteiger partial charge in [0.2, 0.25) is 0 Å². The van der Waals surface area contributed by atoms with Crippen LogP contribution in [0, 0.1) is 5.82 Å². The van der Waals surface area contributed by atoms with E-state index < -0.39 is 29.0 Å². The van der Waals surface area contributed by atoms with Crippen LogP contribution in [0.15, 0.2) is 12.1 Å². The molecule has 20 heavy (non-hydrogen) atoms. The maximum atomic E-state index is 14.2. The summed E-state index contributed by atoms with van der Waals surface area (Å²) >= 11 is 0. The number of aromatic carboxylic acids is 1. The van der Waals surface area contributed by atoms with E-state index in [9.17, 15) is 14.0 Å². The zero-order chi connectivity index (χ0) is 15.1. The normalized spacial score (nSPS) is 14.1. The fourth-order valence-corrected chi connectivity index (χ4v) is 2.11. The van der Waals surface area contributed by atoms with Gasteiger partial charge in [-0.15, -0.1) is 0 Å². The number of hydrogen-bond acceptors (Lipinski definition) is 3. The van der Waals surface area contributed by atoms with Gasteiger partial charge < -0.3 is 9.84 Å². The number of rotatable bonds is 1. The molecule has 0 atom stereocenters. The van der Waals surface area contributed by atoms with Gasteiger partial charge >= 0.3 is 12.1 Å². The fourth-order valence-electron chi connectivity index (χ4n) is 2.11. The van der Waals surface area contributed by atoms with E-state index in [-0.39, 0.29) is 12.2 Å². The van der Waals surface area contributed by atoms with Crippen molar-refractivity contribution in [3.63, 3.8) is 0 Å². The van der Waals surface area contributed by atoms with E-state index >= 15 is 0 Å². The summed E-state index contributed by atoms with van der Waals surface area (Å²) in [5.74, 6) is -2.25. The molecule has 2 rings (SSSR count).